The summed E-state index contributed by atoms with van der Waals surface area (Å²) in [4.78, 5) is 4.85. The lowest BCUT2D eigenvalue weighted by Gasteiger charge is -2.30. The largest absolute Gasteiger partial charge is 0.501 e. The average Bonchev–Trinajstić information content (AvgIpc) is 3.98. The summed E-state index contributed by atoms with van der Waals surface area (Å²) in [6, 6.07) is 9.73. The van der Waals surface area contributed by atoms with Crippen LogP contribution in [-0.4, -0.2) is 32.5 Å². The van der Waals surface area contributed by atoms with Gasteiger partial charge in [0.2, 0.25) is 11.7 Å². The summed E-state index contributed by atoms with van der Waals surface area (Å²) in [6.45, 7) is 13.3. The maximum atomic E-state index is 9.00. The number of pyridine rings is 1. The van der Waals surface area contributed by atoms with E-state index in [0.29, 0.717) is 17.4 Å². The molecule has 250 valence electrons. The van der Waals surface area contributed by atoms with Gasteiger partial charge in [-0.05, 0) is 58.0 Å². The third kappa shape index (κ3) is 4.10. The maximum absolute atomic E-state index is 9.00. The zero-order valence-electron chi connectivity index (χ0n) is 34.4. The van der Waals surface area contributed by atoms with Gasteiger partial charge in [0, 0.05) is 36.0 Å². The Morgan fingerprint density at radius 1 is 0.980 bits per heavy atom. The Hall–Kier alpha value is -5.00. The molecule has 11 rings (SSSR count). The first-order valence-corrected chi connectivity index (χ1v) is 17.7. The first-order chi connectivity index (χ1) is 26.1. The molecule has 0 spiro atoms. The van der Waals surface area contributed by atoms with E-state index in [1.54, 1.807) is 0 Å². The van der Waals surface area contributed by atoms with Crippen molar-refractivity contribution in [1.82, 2.24) is 14.0 Å². The molecule has 3 unspecified atom stereocenters. The zero-order valence-corrected chi connectivity index (χ0v) is 29.4. The van der Waals surface area contributed by atoms with Gasteiger partial charge in [-0.15, -0.1) is 28.0 Å². The Morgan fingerprint density at radius 3 is 2.60 bits per heavy atom. The lowest BCUT2D eigenvalue weighted by molar-refractivity contribution is -0.478. The summed E-state index contributed by atoms with van der Waals surface area (Å²) in [7, 11) is 0. The first-order valence-electron chi connectivity index (χ1n) is 20.2. The molecule has 1 saturated carbocycles. The molecular weight excluding hydrogens is 613 g/mol. The van der Waals surface area contributed by atoms with E-state index in [4.69, 9.17) is 16.6 Å². The molecule has 50 heavy (non-hydrogen) atoms. The van der Waals surface area contributed by atoms with Crippen molar-refractivity contribution in [2.24, 2.45) is 11.8 Å². The lowest BCUT2D eigenvalue weighted by Crippen LogP contribution is -2.49. The number of piperidine rings is 1. The molecule has 0 radical (unpaired) electrons. The molecule has 0 N–H and O–H groups in total. The Balaban J connectivity index is 1.09. The van der Waals surface area contributed by atoms with Crippen molar-refractivity contribution >= 4 is 35.9 Å². The second-order valence-corrected chi connectivity index (χ2v) is 16.6. The minimum atomic E-state index is -0.358. The van der Waals surface area contributed by atoms with Crippen LogP contribution in [0.25, 0.3) is 24.0 Å². The predicted molar refractivity (Wildman–Crippen MR) is 203 cm³/mol. The van der Waals surface area contributed by atoms with Gasteiger partial charge < -0.3 is 9.30 Å². The van der Waals surface area contributed by atoms with Crippen LogP contribution in [0, 0.1) is 24.7 Å². The lowest BCUT2D eigenvalue weighted by atomic mass is 9.86. The van der Waals surface area contributed by atoms with Crippen molar-refractivity contribution in [3.05, 3.63) is 142 Å². The third-order valence-electron chi connectivity index (χ3n) is 11.7. The molecule has 7 aliphatic rings. The van der Waals surface area contributed by atoms with Gasteiger partial charge in [-0.1, -0.05) is 65.7 Å². The highest BCUT2D eigenvalue weighted by atomic mass is 16.5. The smallest absolute Gasteiger partial charge is 0.343 e. The number of nitrogens with zero attached hydrogens (tertiary/aromatic N) is 4. The van der Waals surface area contributed by atoms with Gasteiger partial charge in [-0.2, -0.15) is 28.6 Å². The van der Waals surface area contributed by atoms with E-state index in [9.17, 15) is 0 Å². The molecule has 6 bridgehead atoms. The Bertz CT molecular complexity index is 2640. The van der Waals surface area contributed by atoms with E-state index in [-0.39, 0.29) is 63.5 Å². The van der Waals surface area contributed by atoms with Gasteiger partial charge >= 0.3 is 6.34 Å². The van der Waals surface area contributed by atoms with Crippen LogP contribution in [0.15, 0.2) is 96.4 Å². The highest BCUT2D eigenvalue weighted by molar-refractivity contribution is 5.83. The van der Waals surface area contributed by atoms with E-state index in [1.165, 1.54) is 11.3 Å². The summed E-state index contributed by atoms with van der Waals surface area (Å²) in [5, 5.41) is 2.09. The zero-order chi connectivity index (χ0) is 38.5. The molecule has 5 atom stereocenters. The molecule has 4 aliphatic carbocycles. The van der Waals surface area contributed by atoms with Crippen LogP contribution >= 0.6 is 0 Å². The van der Waals surface area contributed by atoms with Gasteiger partial charge in [-0.3, -0.25) is 0 Å². The number of hydrogen-bond donors (Lipinski definition) is 0. The van der Waals surface area contributed by atoms with Crippen molar-refractivity contribution in [2.45, 2.75) is 70.9 Å². The molecular formula is C45H44N4O. The van der Waals surface area contributed by atoms with Crippen LogP contribution < -0.4 is 19.9 Å². The van der Waals surface area contributed by atoms with Gasteiger partial charge in [0.1, 0.15) is 28.9 Å². The van der Waals surface area contributed by atoms with Crippen molar-refractivity contribution < 1.29 is 16.2 Å². The molecule has 5 heterocycles. The van der Waals surface area contributed by atoms with Crippen LogP contribution in [-0.2, 0) is 10.8 Å². The summed E-state index contributed by atoms with van der Waals surface area (Å²) < 4.78 is 54.9. The number of hydrogen-bond acceptors (Lipinski definition) is 2. The minimum Gasteiger partial charge on any atom is -0.501 e. The molecule has 2 aromatic carbocycles. The number of aromatic nitrogens is 2. The van der Waals surface area contributed by atoms with E-state index in [1.807, 2.05) is 12.3 Å². The fourth-order valence-corrected chi connectivity index (χ4v) is 9.39. The topological polar surface area (TPSA) is 30.1 Å². The van der Waals surface area contributed by atoms with Crippen LogP contribution in [0.5, 0.6) is 5.75 Å². The number of fused-ring (bicyclic) bond motifs is 3. The third-order valence-corrected chi connectivity index (χ3v) is 11.7. The van der Waals surface area contributed by atoms with Crippen molar-refractivity contribution in [2.75, 3.05) is 0 Å². The molecule has 2 aromatic heterocycles. The van der Waals surface area contributed by atoms with Gasteiger partial charge in [0.05, 0.1) is 12.9 Å². The number of para-hydroxylation sites is 1. The Kier molecular flexibility index (Phi) is 5.03. The minimum absolute atomic E-state index is 0.0309. The van der Waals surface area contributed by atoms with Crippen LogP contribution in [0.1, 0.15) is 77.1 Å². The number of quaternary nitrogens is 1. The van der Waals surface area contributed by atoms with Crippen LogP contribution in [0.3, 0.4) is 0 Å². The summed E-state index contributed by atoms with van der Waals surface area (Å²) in [5.74, 6) is 2.83. The van der Waals surface area contributed by atoms with Crippen LogP contribution in [0.4, 0.5) is 11.4 Å². The fraction of sp³-hybridized carbons (Fsp3) is 0.289. The first kappa shape index (κ1) is 25.0. The number of benzene rings is 2. The molecule has 1 saturated heterocycles. The van der Waals surface area contributed by atoms with E-state index >= 15 is 0 Å². The monoisotopic (exact) mass is 661 g/mol. The normalized spacial score (nSPS) is 27.7. The fourth-order valence-electron chi connectivity index (χ4n) is 9.39. The highest BCUT2D eigenvalue weighted by Crippen LogP contribution is 2.65. The van der Waals surface area contributed by atoms with Crippen molar-refractivity contribution in [3.8, 4) is 11.6 Å². The number of allylic oxidation sites excluding steroid dienone is 3. The SMILES string of the molecule is [2H]c1c([2H])c([2H])c([N+]23C=[N+](c4cc(OC5=C[CH-]c6c7c(n(-c8cc(C(C)(C)C)ccn8)c6=C5)=C[CH-]C=C7)cc(C(C)(C)C)c4)[C@@H]4C2C2C=C3[C@@H]4C2)c([2H])c1[2H]. The highest BCUT2D eigenvalue weighted by Gasteiger charge is 2.80. The van der Waals surface area contributed by atoms with E-state index in [0.717, 1.165) is 51.1 Å². The maximum Gasteiger partial charge on any atom is 0.343 e. The Morgan fingerprint density at radius 2 is 1.80 bits per heavy atom. The quantitative estimate of drug-likeness (QED) is 0.124. The summed E-state index contributed by atoms with van der Waals surface area (Å²) in [6.07, 6.45) is 22.1. The molecule has 4 aromatic rings. The molecule has 5 heteroatoms. The standard InChI is InChI=1S/C45H44N4O/c1-44(2,3)29-18-19-46-41(24-29)48-38-15-11-10-14-35(38)36-17-16-33(26-39(36)48)50-34-23-30(45(4,5)6)22-31(25-34)47-27-49(32-12-8-7-9-13-32)40-21-28-20-37(40)42(47)43(28)49/h7-19,21-28,37,42-43H,20H2,1-6H3/t28?,37-,42-,43?,49?/m0/s1/i7D,8D,9D,12D,13D. The van der Waals surface area contributed by atoms with Gasteiger partial charge in [-0.25, -0.2) is 11.1 Å². The van der Waals surface area contributed by atoms with Crippen LogP contribution in [0.2, 0.25) is 0 Å². The van der Waals surface area contributed by atoms with Gasteiger partial charge in [0.25, 0.3) is 0 Å². The Labute approximate surface area is 302 Å². The van der Waals surface area contributed by atoms with E-state index < -0.39 is 0 Å². The average molecular weight is 662 g/mol. The number of ether oxygens (including phenoxy) is 1. The van der Waals surface area contributed by atoms with E-state index in [2.05, 4.69) is 131 Å². The van der Waals surface area contributed by atoms with Crippen molar-refractivity contribution in [3.63, 3.8) is 0 Å². The second-order valence-electron chi connectivity index (χ2n) is 16.6. The van der Waals surface area contributed by atoms with Gasteiger partial charge in [0.15, 0.2) is 6.04 Å². The number of rotatable bonds is 5. The molecule has 3 aliphatic heterocycles. The predicted octanol–water partition coefficient (Wildman–Crippen LogP) is 7.77. The van der Waals surface area contributed by atoms with Crippen molar-refractivity contribution in [1.29, 1.82) is 0 Å². The molecule has 0 amide bonds. The summed E-state index contributed by atoms with van der Waals surface area (Å²) >= 11 is 0. The molecule has 5 nitrogen and oxygen atoms in total. The molecule has 2 fully saturated rings. The second kappa shape index (κ2) is 10.0. The summed E-state index contributed by atoms with van der Waals surface area (Å²) in [5.41, 5.74) is 6.90.